The maximum absolute atomic E-state index is 11.6. The highest BCUT2D eigenvalue weighted by Crippen LogP contribution is 2.06. The molecule has 6 heteroatoms. The Morgan fingerprint density at radius 3 is 2.79 bits per heavy atom. The number of hydrogen-bond donors (Lipinski definition) is 0. The Labute approximate surface area is 82.4 Å². The quantitative estimate of drug-likeness (QED) is 0.663. The van der Waals surface area contributed by atoms with Gasteiger partial charge in [-0.1, -0.05) is 0 Å². The van der Waals surface area contributed by atoms with Crippen molar-refractivity contribution in [1.82, 2.24) is 19.8 Å². The molecule has 1 rings (SSSR count). The minimum atomic E-state index is -0.307. The van der Waals surface area contributed by atoms with E-state index in [0.717, 1.165) is 5.06 Å². The smallest absolute Gasteiger partial charge is 0.274 e. The average Bonchev–Trinajstić information content (AvgIpc) is 2.63. The van der Waals surface area contributed by atoms with Crippen LogP contribution in [0.15, 0.2) is 6.33 Å². The van der Waals surface area contributed by atoms with E-state index in [1.165, 1.54) is 20.5 Å². The molecule has 78 valence electrons. The lowest BCUT2D eigenvalue weighted by molar-refractivity contribution is -0.0768. The molecule has 0 bridgehead atoms. The predicted octanol–water partition coefficient (Wildman–Crippen LogP) is 0.492. The van der Waals surface area contributed by atoms with Gasteiger partial charge in [0.25, 0.3) is 0 Å². The van der Waals surface area contributed by atoms with Crippen LogP contribution in [0.2, 0.25) is 0 Å². The molecule has 0 aliphatic rings. The first kappa shape index (κ1) is 10.6. The standard InChI is InChI=1S/C8H14N4O2/c1-6(2)12-7(9-5-10-12)8(13)11(3)14-4/h5-6H,1-4H3. The molecule has 0 atom stereocenters. The normalized spacial score (nSPS) is 10.6. The second-order valence-corrected chi connectivity index (χ2v) is 3.11. The Morgan fingerprint density at radius 2 is 2.29 bits per heavy atom. The van der Waals surface area contributed by atoms with Crippen LogP contribution in [0.4, 0.5) is 0 Å². The van der Waals surface area contributed by atoms with Crippen LogP contribution in [-0.4, -0.2) is 39.9 Å². The van der Waals surface area contributed by atoms with Crippen molar-refractivity contribution < 1.29 is 9.63 Å². The van der Waals surface area contributed by atoms with Gasteiger partial charge in [-0.3, -0.25) is 9.63 Å². The molecule has 6 nitrogen and oxygen atoms in total. The molecule has 0 saturated heterocycles. The van der Waals surface area contributed by atoms with Gasteiger partial charge in [-0.15, -0.1) is 0 Å². The molecule has 0 radical (unpaired) electrons. The van der Waals surface area contributed by atoms with Gasteiger partial charge >= 0.3 is 5.91 Å². The van der Waals surface area contributed by atoms with E-state index in [1.54, 1.807) is 4.68 Å². The summed E-state index contributed by atoms with van der Waals surface area (Å²) in [4.78, 5) is 20.3. The molecular weight excluding hydrogens is 184 g/mol. The monoisotopic (exact) mass is 198 g/mol. The lowest BCUT2D eigenvalue weighted by atomic mass is 10.4. The minimum absolute atomic E-state index is 0.0988. The molecule has 1 amide bonds. The molecule has 0 aliphatic heterocycles. The van der Waals surface area contributed by atoms with Crippen LogP contribution >= 0.6 is 0 Å². The van der Waals surface area contributed by atoms with Crippen molar-refractivity contribution in [2.24, 2.45) is 0 Å². The highest BCUT2D eigenvalue weighted by molar-refractivity contribution is 5.89. The zero-order valence-electron chi connectivity index (χ0n) is 8.76. The molecule has 0 N–H and O–H groups in total. The molecule has 0 spiro atoms. The summed E-state index contributed by atoms with van der Waals surface area (Å²) in [6, 6.07) is 0.0988. The van der Waals surface area contributed by atoms with Crippen molar-refractivity contribution in [2.45, 2.75) is 19.9 Å². The maximum atomic E-state index is 11.6. The molecular formula is C8H14N4O2. The van der Waals surface area contributed by atoms with Crippen LogP contribution in [-0.2, 0) is 4.84 Å². The van der Waals surface area contributed by atoms with Crippen molar-refractivity contribution in [3.63, 3.8) is 0 Å². The first-order valence-electron chi connectivity index (χ1n) is 4.29. The Hall–Kier alpha value is -1.43. The fourth-order valence-corrected chi connectivity index (χ4v) is 1.00. The summed E-state index contributed by atoms with van der Waals surface area (Å²) >= 11 is 0. The van der Waals surface area contributed by atoms with Gasteiger partial charge in [-0.25, -0.2) is 14.7 Å². The molecule has 0 saturated carbocycles. The highest BCUT2D eigenvalue weighted by Gasteiger charge is 2.19. The Balaban J connectivity index is 2.95. The molecule has 0 aliphatic carbocycles. The molecule has 1 aromatic rings. The van der Waals surface area contributed by atoms with E-state index in [1.807, 2.05) is 13.8 Å². The summed E-state index contributed by atoms with van der Waals surface area (Å²) in [5.74, 6) is -0.0250. The maximum Gasteiger partial charge on any atom is 0.314 e. The Morgan fingerprint density at radius 1 is 1.64 bits per heavy atom. The van der Waals surface area contributed by atoms with Crippen LogP contribution in [0.3, 0.4) is 0 Å². The van der Waals surface area contributed by atoms with E-state index < -0.39 is 0 Å². The van der Waals surface area contributed by atoms with Crippen LogP contribution in [0.5, 0.6) is 0 Å². The molecule has 1 heterocycles. The molecule has 1 aromatic heterocycles. The third kappa shape index (κ3) is 1.90. The van der Waals surface area contributed by atoms with E-state index in [-0.39, 0.29) is 17.8 Å². The van der Waals surface area contributed by atoms with Crippen molar-refractivity contribution >= 4 is 5.91 Å². The summed E-state index contributed by atoms with van der Waals surface area (Å²) in [7, 11) is 2.95. The van der Waals surface area contributed by atoms with Gasteiger partial charge in [0.15, 0.2) is 0 Å². The van der Waals surface area contributed by atoms with E-state index in [0.29, 0.717) is 0 Å². The minimum Gasteiger partial charge on any atom is -0.274 e. The van der Waals surface area contributed by atoms with Crippen molar-refractivity contribution in [2.75, 3.05) is 14.2 Å². The summed E-state index contributed by atoms with van der Waals surface area (Å²) in [6.07, 6.45) is 1.36. The number of rotatable bonds is 3. The summed E-state index contributed by atoms with van der Waals surface area (Å²) in [6.45, 7) is 3.86. The predicted molar refractivity (Wildman–Crippen MR) is 49.5 cm³/mol. The number of aromatic nitrogens is 3. The Kier molecular flexibility index (Phi) is 3.19. The lowest BCUT2D eigenvalue weighted by Crippen LogP contribution is -2.29. The van der Waals surface area contributed by atoms with Gasteiger partial charge in [0.05, 0.1) is 7.11 Å². The van der Waals surface area contributed by atoms with Gasteiger partial charge in [0.1, 0.15) is 6.33 Å². The summed E-state index contributed by atoms with van der Waals surface area (Å²) in [5.41, 5.74) is 0. The zero-order valence-corrected chi connectivity index (χ0v) is 8.76. The fraction of sp³-hybridized carbons (Fsp3) is 0.625. The van der Waals surface area contributed by atoms with Crippen LogP contribution < -0.4 is 0 Å². The average molecular weight is 198 g/mol. The highest BCUT2D eigenvalue weighted by atomic mass is 16.7. The fourth-order valence-electron chi connectivity index (χ4n) is 1.00. The summed E-state index contributed by atoms with van der Waals surface area (Å²) in [5, 5.41) is 5.07. The number of amides is 1. The van der Waals surface area contributed by atoms with Gasteiger partial charge in [0, 0.05) is 13.1 Å². The largest absolute Gasteiger partial charge is 0.314 e. The number of carbonyl (C=O) groups excluding carboxylic acids is 1. The van der Waals surface area contributed by atoms with Crippen LogP contribution in [0.1, 0.15) is 30.5 Å². The van der Waals surface area contributed by atoms with Crippen molar-refractivity contribution in [3.05, 3.63) is 12.2 Å². The molecule has 14 heavy (non-hydrogen) atoms. The van der Waals surface area contributed by atoms with Crippen molar-refractivity contribution in [3.8, 4) is 0 Å². The van der Waals surface area contributed by atoms with Crippen LogP contribution in [0.25, 0.3) is 0 Å². The van der Waals surface area contributed by atoms with Gasteiger partial charge in [-0.2, -0.15) is 5.10 Å². The molecule has 0 aromatic carbocycles. The van der Waals surface area contributed by atoms with Gasteiger partial charge in [-0.05, 0) is 13.8 Å². The third-order valence-corrected chi connectivity index (χ3v) is 1.81. The first-order chi connectivity index (χ1) is 6.57. The van der Waals surface area contributed by atoms with E-state index in [4.69, 9.17) is 4.84 Å². The SMILES string of the molecule is CON(C)C(=O)c1ncnn1C(C)C. The molecule has 0 unspecified atom stereocenters. The van der Waals surface area contributed by atoms with E-state index in [2.05, 4.69) is 10.1 Å². The molecule has 0 fully saturated rings. The van der Waals surface area contributed by atoms with Gasteiger partial charge in [0.2, 0.25) is 5.82 Å². The van der Waals surface area contributed by atoms with E-state index in [9.17, 15) is 4.79 Å². The van der Waals surface area contributed by atoms with Crippen LogP contribution in [0, 0.1) is 0 Å². The summed E-state index contributed by atoms with van der Waals surface area (Å²) < 4.78 is 1.55. The van der Waals surface area contributed by atoms with E-state index >= 15 is 0 Å². The van der Waals surface area contributed by atoms with Crippen molar-refractivity contribution in [1.29, 1.82) is 0 Å². The third-order valence-electron chi connectivity index (χ3n) is 1.81. The number of nitrogens with zero attached hydrogens (tertiary/aromatic N) is 4. The number of hydroxylamine groups is 2. The first-order valence-corrected chi connectivity index (χ1v) is 4.29. The second kappa shape index (κ2) is 4.19. The zero-order chi connectivity index (χ0) is 10.7. The van der Waals surface area contributed by atoms with Gasteiger partial charge < -0.3 is 0 Å². The topological polar surface area (TPSA) is 60.2 Å². The lowest BCUT2D eigenvalue weighted by Gasteiger charge is -2.14. The Bertz CT molecular complexity index is 321. The number of hydrogen-bond acceptors (Lipinski definition) is 4. The number of carbonyl (C=O) groups is 1. The second-order valence-electron chi connectivity index (χ2n) is 3.11.